The lowest BCUT2D eigenvalue weighted by Gasteiger charge is -2.45. The summed E-state index contributed by atoms with van der Waals surface area (Å²) in [6, 6.07) is 0.0474. The molecule has 0 radical (unpaired) electrons. The number of ketones is 1. The van der Waals surface area contributed by atoms with E-state index in [1.807, 2.05) is 32.6 Å². The standard InChI is InChI=1S/C26H39NO5/c1-15-8-6-10-18(27(15)25(30)32-26(3,4)5)12-13-19-22-16(2)31-24(29)20(22)14-17-9-7-11-21(28)23(17)19/h12-13,15-20,22-23H,6-11,14H2,1-5H3/b13-12+/t15-,16-,17+,18+,19-,20-,22+,23+/m0/s1. The second kappa shape index (κ2) is 8.83. The van der Waals surface area contributed by atoms with Crippen LogP contribution in [0.5, 0.6) is 0 Å². The molecule has 2 saturated heterocycles. The first kappa shape index (κ1) is 23.3. The minimum Gasteiger partial charge on any atom is -0.462 e. The zero-order valence-electron chi connectivity index (χ0n) is 20.2. The molecule has 2 saturated carbocycles. The van der Waals surface area contributed by atoms with Gasteiger partial charge in [0.25, 0.3) is 0 Å². The van der Waals surface area contributed by atoms with Gasteiger partial charge in [-0.1, -0.05) is 12.2 Å². The normalized spacial score (nSPS) is 40.1. The molecule has 2 aliphatic carbocycles. The van der Waals surface area contributed by atoms with Crippen molar-refractivity contribution in [3.63, 3.8) is 0 Å². The zero-order chi connectivity index (χ0) is 23.2. The summed E-state index contributed by atoms with van der Waals surface area (Å²) in [5, 5.41) is 0. The second-order valence-corrected chi connectivity index (χ2v) is 11.4. The Balaban J connectivity index is 1.61. The van der Waals surface area contributed by atoms with Crippen molar-refractivity contribution in [1.82, 2.24) is 4.90 Å². The number of Topliss-reactive ketones (excluding diaryl/α,β-unsaturated/α-hetero) is 1. The molecule has 0 spiro atoms. The number of likely N-dealkylation sites (tertiary alicyclic amines) is 1. The van der Waals surface area contributed by atoms with Crippen LogP contribution in [0.3, 0.4) is 0 Å². The number of piperidine rings is 1. The van der Waals surface area contributed by atoms with Gasteiger partial charge in [0.1, 0.15) is 17.5 Å². The first-order chi connectivity index (χ1) is 15.1. The molecule has 0 aromatic carbocycles. The van der Waals surface area contributed by atoms with Crippen molar-refractivity contribution in [2.45, 2.75) is 103 Å². The number of hydrogen-bond donors (Lipinski definition) is 0. The van der Waals surface area contributed by atoms with Crippen LogP contribution < -0.4 is 0 Å². The van der Waals surface area contributed by atoms with Gasteiger partial charge in [0.15, 0.2) is 0 Å². The minimum absolute atomic E-state index is 0.00859. The molecule has 6 heteroatoms. The number of fused-ring (bicyclic) bond motifs is 2. The molecule has 4 aliphatic rings. The third-order valence-corrected chi connectivity index (χ3v) is 8.02. The first-order valence-corrected chi connectivity index (χ1v) is 12.5. The maximum absolute atomic E-state index is 13.0. The topological polar surface area (TPSA) is 72.9 Å². The van der Waals surface area contributed by atoms with Crippen molar-refractivity contribution in [2.75, 3.05) is 0 Å². The predicted molar refractivity (Wildman–Crippen MR) is 121 cm³/mol. The van der Waals surface area contributed by atoms with E-state index in [1.165, 1.54) is 0 Å². The third-order valence-electron chi connectivity index (χ3n) is 8.02. The van der Waals surface area contributed by atoms with E-state index in [-0.39, 0.29) is 59.8 Å². The number of esters is 1. The lowest BCUT2D eigenvalue weighted by molar-refractivity contribution is -0.145. The number of nitrogens with zero attached hydrogens (tertiary/aromatic N) is 1. The SMILES string of the molecule is C[C@@H]1OC(=O)[C@H]2C[C@H]3CCCC(=O)[C@H]3[C@@H](/C=C/[C@H]3CCC[C@H](C)N3C(=O)OC(C)(C)C)[C@@H]12. The van der Waals surface area contributed by atoms with Gasteiger partial charge >= 0.3 is 12.1 Å². The van der Waals surface area contributed by atoms with E-state index in [2.05, 4.69) is 19.1 Å². The summed E-state index contributed by atoms with van der Waals surface area (Å²) in [6.45, 7) is 9.71. The van der Waals surface area contributed by atoms with Gasteiger partial charge in [-0.05, 0) is 85.0 Å². The number of rotatable bonds is 2. The minimum atomic E-state index is -0.544. The molecule has 4 rings (SSSR count). The highest BCUT2D eigenvalue weighted by Crippen LogP contribution is 2.52. The molecule has 1 amide bonds. The Hall–Kier alpha value is -1.85. The van der Waals surface area contributed by atoms with Crippen LogP contribution in [-0.4, -0.2) is 46.5 Å². The molecule has 0 bridgehead atoms. The number of carbonyl (C=O) groups is 3. The number of cyclic esters (lactones) is 1. The molecule has 0 unspecified atom stereocenters. The number of amides is 1. The monoisotopic (exact) mass is 445 g/mol. The van der Waals surface area contributed by atoms with E-state index < -0.39 is 5.60 Å². The quantitative estimate of drug-likeness (QED) is 0.446. The Morgan fingerprint density at radius 3 is 2.56 bits per heavy atom. The molecule has 2 heterocycles. The van der Waals surface area contributed by atoms with Crippen molar-refractivity contribution in [2.24, 2.45) is 29.6 Å². The summed E-state index contributed by atoms with van der Waals surface area (Å²) in [5.41, 5.74) is -0.544. The molecule has 6 nitrogen and oxygen atoms in total. The van der Waals surface area contributed by atoms with Gasteiger partial charge in [0.2, 0.25) is 0 Å². The largest absolute Gasteiger partial charge is 0.462 e. The van der Waals surface area contributed by atoms with Crippen molar-refractivity contribution in [3.8, 4) is 0 Å². The number of hydrogen-bond acceptors (Lipinski definition) is 5. The van der Waals surface area contributed by atoms with Crippen molar-refractivity contribution < 1.29 is 23.9 Å². The average molecular weight is 446 g/mol. The van der Waals surface area contributed by atoms with Crippen molar-refractivity contribution in [3.05, 3.63) is 12.2 Å². The van der Waals surface area contributed by atoms with Gasteiger partial charge in [0, 0.05) is 24.3 Å². The van der Waals surface area contributed by atoms with Gasteiger partial charge in [-0.25, -0.2) is 4.79 Å². The van der Waals surface area contributed by atoms with Crippen LogP contribution in [0.4, 0.5) is 4.79 Å². The molecule has 2 aliphatic heterocycles. The summed E-state index contributed by atoms with van der Waals surface area (Å²) in [7, 11) is 0. The Morgan fingerprint density at radius 1 is 1.09 bits per heavy atom. The lowest BCUT2D eigenvalue weighted by Crippen LogP contribution is -2.50. The van der Waals surface area contributed by atoms with Crippen LogP contribution in [0.25, 0.3) is 0 Å². The van der Waals surface area contributed by atoms with Crippen LogP contribution in [0, 0.1) is 29.6 Å². The van der Waals surface area contributed by atoms with E-state index in [4.69, 9.17) is 9.47 Å². The molecule has 0 N–H and O–H groups in total. The smallest absolute Gasteiger partial charge is 0.411 e. The second-order valence-electron chi connectivity index (χ2n) is 11.4. The summed E-state index contributed by atoms with van der Waals surface area (Å²) < 4.78 is 11.3. The molecule has 32 heavy (non-hydrogen) atoms. The summed E-state index contributed by atoms with van der Waals surface area (Å²) in [6.07, 6.45) is 10.1. The Morgan fingerprint density at radius 2 is 1.84 bits per heavy atom. The van der Waals surface area contributed by atoms with Crippen molar-refractivity contribution >= 4 is 17.8 Å². The first-order valence-electron chi connectivity index (χ1n) is 12.5. The fourth-order valence-electron chi connectivity index (χ4n) is 6.73. The molecule has 0 aromatic heterocycles. The molecule has 0 aromatic rings. The lowest BCUT2D eigenvalue weighted by atomic mass is 9.57. The van der Waals surface area contributed by atoms with Gasteiger partial charge in [-0.15, -0.1) is 0 Å². The van der Waals surface area contributed by atoms with Crippen LogP contribution >= 0.6 is 0 Å². The number of carbonyl (C=O) groups excluding carboxylic acids is 3. The van der Waals surface area contributed by atoms with Crippen LogP contribution in [0.1, 0.15) is 79.6 Å². The highest BCUT2D eigenvalue weighted by Gasteiger charge is 2.55. The molecule has 4 fully saturated rings. The van der Waals surface area contributed by atoms with E-state index >= 15 is 0 Å². The van der Waals surface area contributed by atoms with E-state index in [0.717, 1.165) is 38.5 Å². The van der Waals surface area contributed by atoms with Gasteiger partial charge < -0.3 is 9.47 Å². The third kappa shape index (κ3) is 4.47. The van der Waals surface area contributed by atoms with E-state index in [0.29, 0.717) is 12.2 Å². The van der Waals surface area contributed by atoms with Gasteiger partial charge in [-0.3, -0.25) is 14.5 Å². The summed E-state index contributed by atoms with van der Waals surface area (Å²) >= 11 is 0. The van der Waals surface area contributed by atoms with Crippen LogP contribution in [-0.2, 0) is 19.1 Å². The summed E-state index contributed by atoms with van der Waals surface area (Å²) in [5.74, 6) is 0.384. The number of ether oxygens (including phenoxy) is 2. The molecular weight excluding hydrogens is 406 g/mol. The van der Waals surface area contributed by atoms with Gasteiger partial charge in [-0.2, -0.15) is 0 Å². The van der Waals surface area contributed by atoms with Crippen LogP contribution in [0.15, 0.2) is 12.2 Å². The van der Waals surface area contributed by atoms with E-state index in [9.17, 15) is 14.4 Å². The molecule has 8 atom stereocenters. The maximum atomic E-state index is 13.0. The average Bonchev–Trinajstić information content (AvgIpc) is 2.97. The Labute approximate surface area is 192 Å². The molecular formula is C26H39NO5. The maximum Gasteiger partial charge on any atom is 0.411 e. The van der Waals surface area contributed by atoms with Crippen LogP contribution in [0.2, 0.25) is 0 Å². The predicted octanol–water partition coefficient (Wildman–Crippen LogP) is 4.90. The van der Waals surface area contributed by atoms with E-state index in [1.54, 1.807) is 0 Å². The Bertz CT molecular complexity index is 784. The van der Waals surface area contributed by atoms with Crippen molar-refractivity contribution in [1.29, 1.82) is 0 Å². The number of allylic oxidation sites excluding steroid dienone is 1. The fraction of sp³-hybridized carbons (Fsp3) is 0.808. The Kier molecular flexibility index (Phi) is 6.43. The zero-order valence-corrected chi connectivity index (χ0v) is 20.2. The summed E-state index contributed by atoms with van der Waals surface area (Å²) in [4.78, 5) is 40.4. The van der Waals surface area contributed by atoms with Gasteiger partial charge in [0.05, 0.1) is 12.0 Å². The highest BCUT2D eigenvalue weighted by molar-refractivity contribution is 5.84. The fourth-order valence-corrected chi connectivity index (χ4v) is 6.73. The molecule has 178 valence electrons. The highest BCUT2D eigenvalue weighted by atomic mass is 16.6.